The summed E-state index contributed by atoms with van der Waals surface area (Å²) in [5.74, 6) is -0.484. The molecule has 0 atom stereocenters. The summed E-state index contributed by atoms with van der Waals surface area (Å²) in [5, 5.41) is 20.3. The van der Waals surface area contributed by atoms with Crippen LogP contribution in [-0.2, 0) is 4.79 Å². The van der Waals surface area contributed by atoms with Gasteiger partial charge in [0, 0.05) is 29.7 Å². The third kappa shape index (κ3) is 3.04. The van der Waals surface area contributed by atoms with Gasteiger partial charge in [0.05, 0.1) is 22.4 Å². The maximum Gasteiger partial charge on any atom is 0.283 e. The normalized spacial score (nSPS) is 17.6. The molecule has 4 rings (SSSR count). The maximum absolute atomic E-state index is 12.5. The van der Waals surface area contributed by atoms with E-state index in [4.69, 9.17) is 5.41 Å². The molecule has 0 fully saturated rings. The Morgan fingerprint density at radius 3 is 2.71 bits per heavy atom. The molecule has 2 aliphatic rings. The predicted octanol–water partition coefficient (Wildman–Crippen LogP) is 3.33. The largest absolute Gasteiger partial charge is 0.317 e. The Bertz CT molecular complexity index is 1100. The molecule has 0 aliphatic carbocycles. The van der Waals surface area contributed by atoms with Crippen molar-refractivity contribution in [2.45, 2.75) is 0 Å². The van der Waals surface area contributed by atoms with Crippen molar-refractivity contribution < 1.29 is 9.72 Å². The average molecular weight is 412 g/mol. The van der Waals surface area contributed by atoms with Crippen molar-refractivity contribution in [3.05, 3.63) is 64.0 Å². The molecule has 2 aliphatic heterocycles. The summed E-state index contributed by atoms with van der Waals surface area (Å²) in [6.07, 6.45) is 5.21. The van der Waals surface area contributed by atoms with Crippen LogP contribution in [0.3, 0.4) is 0 Å². The van der Waals surface area contributed by atoms with Gasteiger partial charge in [0.15, 0.2) is 5.17 Å². The molecule has 140 valence electrons. The highest BCUT2D eigenvalue weighted by Gasteiger charge is 2.37. The summed E-state index contributed by atoms with van der Waals surface area (Å²) >= 11 is 2.45. The van der Waals surface area contributed by atoms with Gasteiger partial charge < -0.3 is 4.57 Å². The highest BCUT2D eigenvalue weighted by atomic mass is 32.2. The standard InChI is InChI=1S/C17H12N6O3S2/c1-27-17-20-28-16-19-15(24)13(14(18)22(16)17)9-12-3-2-8-21(12)10-4-6-11(7-5-10)23(25)26/h2-9,18H,1H3/b13-9-,18-14?. The number of carbonyl (C=O) groups is 1. The Kier molecular flexibility index (Phi) is 4.61. The summed E-state index contributed by atoms with van der Waals surface area (Å²) in [4.78, 5) is 28.4. The Hall–Kier alpha value is -3.18. The number of amidine groups is 3. The monoisotopic (exact) mass is 412 g/mol. The van der Waals surface area contributed by atoms with E-state index in [0.29, 0.717) is 21.7 Å². The minimum atomic E-state index is -0.502. The van der Waals surface area contributed by atoms with E-state index in [-0.39, 0.29) is 17.1 Å². The van der Waals surface area contributed by atoms with Gasteiger partial charge in [-0.1, -0.05) is 11.8 Å². The number of rotatable bonds is 3. The van der Waals surface area contributed by atoms with Crippen LogP contribution in [0.25, 0.3) is 11.8 Å². The van der Waals surface area contributed by atoms with Crippen molar-refractivity contribution in [1.82, 2.24) is 9.47 Å². The maximum atomic E-state index is 12.5. The van der Waals surface area contributed by atoms with Crippen LogP contribution < -0.4 is 0 Å². The number of amides is 1. The van der Waals surface area contributed by atoms with Gasteiger partial charge in [-0.3, -0.25) is 20.3 Å². The number of non-ortho nitro benzene ring substituents is 1. The fourth-order valence-corrected chi connectivity index (χ4v) is 4.21. The van der Waals surface area contributed by atoms with Gasteiger partial charge in [-0.15, -0.1) is 0 Å². The van der Waals surface area contributed by atoms with E-state index in [9.17, 15) is 14.9 Å². The van der Waals surface area contributed by atoms with Gasteiger partial charge in [-0.25, -0.2) is 4.90 Å². The first-order chi connectivity index (χ1) is 13.5. The smallest absolute Gasteiger partial charge is 0.283 e. The van der Waals surface area contributed by atoms with Gasteiger partial charge in [0.1, 0.15) is 5.84 Å². The molecule has 28 heavy (non-hydrogen) atoms. The lowest BCUT2D eigenvalue weighted by Gasteiger charge is -2.23. The van der Waals surface area contributed by atoms with E-state index < -0.39 is 10.8 Å². The molecule has 1 N–H and O–H groups in total. The minimum Gasteiger partial charge on any atom is -0.317 e. The van der Waals surface area contributed by atoms with Crippen LogP contribution in [0.1, 0.15) is 5.69 Å². The summed E-state index contributed by atoms with van der Waals surface area (Å²) < 4.78 is 5.99. The fourth-order valence-electron chi connectivity index (χ4n) is 2.76. The molecular weight excluding hydrogens is 400 g/mol. The molecule has 0 radical (unpaired) electrons. The topological polar surface area (TPSA) is 117 Å². The fraction of sp³-hybridized carbons (Fsp3) is 0.0588. The third-order valence-electron chi connectivity index (χ3n) is 4.09. The number of hydrogen-bond donors (Lipinski definition) is 1. The first kappa shape index (κ1) is 18.2. The zero-order chi connectivity index (χ0) is 19.8. The predicted molar refractivity (Wildman–Crippen MR) is 111 cm³/mol. The summed E-state index contributed by atoms with van der Waals surface area (Å²) in [7, 11) is 0. The van der Waals surface area contributed by atoms with Crippen LogP contribution in [0, 0.1) is 15.5 Å². The summed E-state index contributed by atoms with van der Waals surface area (Å²) in [6.45, 7) is 0. The molecule has 1 aromatic heterocycles. The quantitative estimate of drug-likeness (QED) is 0.358. The number of aromatic nitrogens is 1. The molecule has 3 heterocycles. The molecule has 1 aromatic carbocycles. The van der Waals surface area contributed by atoms with Crippen LogP contribution in [0.4, 0.5) is 5.69 Å². The first-order valence-electron chi connectivity index (χ1n) is 7.94. The lowest BCUT2D eigenvalue weighted by atomic mass is 10.1. The first-order valence-corrected chi connectivity index (χ1v) is 9.94. The second-order valence-corrected chi connectivity index (χ2v) is 7.19. The molecule has 2 aromatic rings. The highest BCUT2D eigenvalue weighted by molar-refractivity contribution is 8.18. The van der Waals surface area contributed by atoms with Gasteiger partial charge >= 0.3 is 0 Å². The average Bonchev–Trinajstić information content (AvgIpc) is 3.31. The van der Waals surface area contributed by atoms with Crippen LogP contribution in [-0.4, -0.2) is 42.7 Å². The molecular formula is C17H12N6O3S2. The molecule has 9 nitrogen and oxygen atoms in total. The van der Waals surface area contributed by atoms with Crippen LogP contribution in [0.2, 0.25) is 0 Å². The number of nitro benzene ring substituents is 1. The van der Waals surface area contributed by atoms with E-state index >= 15 is 0 Å². The molecule has 0 bridgehead atoms. The zero-order valence-electron chi connectivity index (χ0n) is 14.4. The Morgan fingerprint density at radius 2 is 2.04 bits per heavy atom. The second kappa shape index (κ2) is 7.09. The minimum absolute atomic E-state index is 0.00247. The number of nitrogens with zero attached hydrogens (tertiary/aromatic N) is 5. The van der Waals surface area contributed by atoms with Crippen molar-refractivity contribution in [2.24, 2.45) is 9.39 Å². The number of fused-ring (bicyclic) bond motifs is 1. The van der Waals surface area contributed by atoms with Crippen molar-refractivity contribution >= 4 is 57.6 Å². The zero-order valence-corrected chi connectivity index (χ0v) is 16.0. The number of benzene rings is 1. The van der Waals surface area contributed by atoms with Gasteiger partial charge in [0.2, 0.25) is 5.17 Å². The van der Waals surface area contributed by atoms with E-state index in [1.54, 1.807) is 46.0 Å². The van der Waals surface area contributed by atoms with Crippen molar-refractivity contribution in [3.8, 4) is 5.69 Å². The van der Waals surface area contributed by atoms with E-state index in [1.165, 1.54) is 23.9 Å². The molecule has 0 unspecified atom stereocenters. The Morgan fingerprint density at radius 1 is 1.29 bits per heavy atom. The lowest BCUT2D eigenvalue weighted by molar-refractivity contribution is -0.384. The third-order valence-corrected chi connectivity index (χ3v) is 5.54. The van der Waals surface area contributed by atoms with E-state index in [1.807, 2.05) is 6.26 Å². The number of thioether (sulfide) groups is 1. The van der Waals surface area contributed by atoms with Crippen molar-refractivity contribution in [3.63, 3.8) is 0 Å². The van der Waals surface area contributed by atoms with Crippen molar-refractivity contribution in [2.75, 3.05) is 6.26 Å². The van der Waals surface area contributed by atoms with Crippen LogP contribution >= 0.6 is 23.7 Å². The van der Waals surface area contributed by atoms with Crippen LogP contribution in [0.15, 0.2) is 57.6 Å². The van der Waals surface area contributed by atoms with Gasteiger partial charge in [0.25, 0.3) is 11.6 Å². The van der Waals surface area contributed by atoms with Crippen molar-refractivity contribution in [1.29, 1.82) is 5.41 Å². The number of nitrogens with one attached hydrogen (secondary N) is 1. The van der Waals surface area contributed by atoms with Crippen LogP contribution in [0.5, 0.6) is 0 Å². The van der Waals surface area contributed by atoms with Gasteiger partial charge in [-0.2, -0.15) is 9.39 Å². The lowest BCUT2D eigenvalue weighted by Crippen LogP contribution is -2.41. The molecule has 0 spiro atoms. The molecule has 1 amide bonds. The molecule has 11 heteroatoms. The Balaban J connectivity index is 1.72. The Labute approximate surface area is 167 Å². The number of carbonyl (C=O) groups excluding carboxylic acids is 1. The van der Waals surface area contributed by atoms with E-state index in [0.717, 1.165) is 11.9 Å². The summed E-state index contributed by atoms with van der Waals surface area (Å²) in [5.41, 5.74) is 1.49. The highest BCUT2D eigenvalue weighted by Crippen LogP contribution is 2.31. The number of nitro groups is 1. The second-order valence-electron chi connectivity index (χ2n) is 5.69. The summed E-state index contributed by atoms with van der Waals surface area (Å²) in [6, 6.07) is 9.66. The van der Waals surface area contributed by atoms with Gasteiger partial charge in [-0.05, 0) is 36.6 Å². The number of aliphatic imine (C=N–C) groups is 1. The molecule has 0 saturated heterocycles. The molecule has 0 saturated carbocycles. The van der Waals surface area contributed by atoms with E-state index in [2.05, 4.69) is 9.39 Å². The number of hydrogen-bond acceptors (Lipinski definition) is 7. The SMILES string of the molecule is CSC1=NSC2=NC(=O)/C(=C\c3cccn3-c3ccc([N+](=O)[O-])cc3)C(=N)N12.